The van der Waals surface area contributed by atoms with Gasteiger partial charge in [0.1, 0.15) is 0 Å². The SMILES string of the molecule is N#Cc1ccc2c(-c3nc(-c4ccccc4)nc(-c4ccccc4)n3)ccc(-c3ccc(C45CC6CC(CC(C6)C4)C5)cc3)c2c1. The minimum Gasteiger partial charge on any atom is -0.208 e. The Kier molecular flexibility index (Phi) is 6.35. The van der Waals surface area contributed by atoms with Crippen molar-refractivity contribution in [3.8, 4) is 51.4 Å². The second kappa shape index (κ2) is 10.7. The summed E-state index contributed by atoms with van der Waals surface area (Å²) < 4.78 is 0. The number of nitriles is 1. The fourth-order valence-electron chi connectivity index (χ4n) is 9.26. The van der Waals surface area contributed by atoms with Crippen molar-refractivity contribution in [3.05, 3.63) is 126 Å². The molecule has 0 saturated heterocycles. The van der Waals surface area contributed by atoms with Crippen LogP contribution < -0.4 is 0 Å². The molecule has 0 atom stereocenters. The van der Waals surface area contributed by atoms with E-state index in [-0.39, 0.29) is 0 Å². The van der Waals surface area contributed by atoms with E-state index in [1.165, 1.54) is 49.7 Å². The summed E-state index contributed by atoms with van der Waals surface area (Å²) in [4.78, 5) is 14.9. The van der Waals surface area contributed by atoms with Crippen LogP contribution in [0.1, 0.15) is 49.7 Å². The molecule has 222 valence electrons. The molecule has 4 nitrogen and oxygen atoms in total. The molecule has 4 bridgehead atoms. The quantitative estimate of drug-likeness (QED) is 0.199. The van der Waals surface area contributed by atoms with Crippen LogP contribution in [0.15, 0.2) is 115 Å². The largest absolute Gasteiger partial charge is 0.208 e. The van der Waals surface area contributed by atoms with Gasteiger partial charge in [-0.15, -0.1) is 0 Å². The summed E-state index contributed by atoms with van der Waals surface area (Å²) in [5, 5.41) is 11.9. The maximum atomic E-state index is 9.87. The Hall–Kier alpha value is -5.14. The van der Waals surface area contributed by atoms with Crippen molar-refractivity contribution in [2.24, 2.45) is 17.8 Å². The highest BCUT2D eigenvalue weighted by Gasteiger charge is 2.51. The van der Waals surface area contributed by atoms with E-state index >= 15 is 0 Å². The van der Waals surface area contributed by atoms with Crippen molar-refractivity contribution >= 4 is 10.8 Å². The molecule has 0 spiro atoms. The zero-order valence-corrected chi connectivity index (χ0v) is 25.7. The number of benzene rings is 5. The zero-order chi connectivity index (χ0) is 30.7. The molecule has 1 heterocycles. The zero-order valence-electron chi connectivity index (χ0n) is 25.7. The first-order chi connectivity index (χ1) is 22.6. The van der Waals surface area contributed by atoms with Gasteiger partial charge in [-0.1, -0.05) is 97.1 Å². The van der Waals surface area contributed by atoms with Crippen LogP contribution in [0, 0.1) is 29.1 Å². The van der Waals surface area contributed by atoms with Crippen LogP contribution in [0.5, 0.6) is 0 Å². The maximum absolute atomic E-state index is 9.87. The Morgan fingerprint density at radius 3 is 1.63 bits per heavy atom. The summed E-state index contributed by atoms with van der Waals surface area (Å²) in [5.41, 5.74) is 7.64. The van der Waals surface area contributed by atoms with Crippen LogP contribution in [-0.2, 0) is 5.41 Å². The van der Waals surface area contributed by atoms with Crippen molar-refractivity contribution in [2.45, 2.75) is 43.9 Å². The summed E-state index contributed by atoms with van der Waals surface area (Å²) >= 11 is 0. The minimum atomic E-state index is 0.374. The first-order valence-electron chi connectivity index (χ1n) is 16.6. The monoisotopic (exact) mass is 594 g/mol. The Bertz CT molecular complexity index is 2030. The molecule has 46 heavy (non-hydrogen) atoms. The van der Waals surface area contributed by atoms with E-state index in [0.717, 1.165) is 50.8 Å². The van der Waals surface area contributed by atoms with E-state index in [1.54, 1.807) is 0 Å². The minimum absolute atomic E-state index is 0.374. The molecule has 4 aliphatic carbocycles. The number of rotatable bonds is 5. The Labute approximate surface area is 269 Å². The number of hydrogen-bond donors (Lipinski definition) is 0. The van der Waals surface area contributed by atoms with Gasteiger partial charge in [-0.05, 0) is 107 Å². The van der Waals surface area contributed by atoms with Crippen LogP contribution >= 0.6 is 0 Å². The first kappa shape index (κ1) is 27.2. The van der Waals surface area contributed by atoms with Crippen molar-refractivity contribution < 1.29 is 0 Å². The van der Waals surface area contributed by atoms with Crippen molar-refractivity contribution in [1.82, 2.24) is 15.0 Å². The third kappa shape index (κ3) is 4.62. The molecule has 0 unspecified atom stereocenters. The molecule has 4 saturated carbocycles. The molecule has 0 amide bonds. The summed E-state index contributed by atoms with van der Waals surface area (Å²) in [6, 6.07) is 42.2. The Morgan fingerprint density at radius 1 is 0.522 bits per heavy atom. The van der Waals surface area contributed by atoms with E-state index in [2.05, 4.69) is 42.5 Å². The first-order valence-corrected chi connectivity index (χ1v) is 16.6. The molecule has 0 N–H and O–H groups in total. The molecular formula is C42H34N4. The van der Waals surface area contributed by atoms with Crippen molar-refractivity contribution in [3.63, 3.8) is 0 Å². The topological polar surface area (TPSA) is 62.5 Å². The highest BCUT2D eigenvalue weighted by molar-refractivity contribution is 6.04. The lowest BCUT2D eigenvalue weighted by Gasteiger charge is -2.57. The van der Waals surface area contributed by atoms with Gasteiger partial charge in [0.25, 0.3) is 0 Å². The van der Waals surface area contributed by atoms with Crippen molar-refractivity contribution in [2.75, 3.05) is 0 Å². The van der Waals surface area contributed by atoms with E-state index in [9.17, 15) is 5.26 Å². The summed E-state index contributed by atoms with van der Waals surface area (Å²) in [6.45, 7) is 0. The molecule has 5 aromatic carbocycles. The van der Waals surface area contributed by atoms with Crippen LogP contribution in [0.4, 0.5) is 0 Å². The molecule has 4 fully saturated rings. The van der Waals surface area contributed by atoms with Gasteiger partial charge in [0.05, 0.1) is 11.6 Å². The summed E-state index contributed by atoms with van der Waals surface area (Å²) in [7, 11) is 0. The number of hydrogen-bond acceptors (Lipinski definition) is 4. The lowest BCUT2D eigenvalue weighted by Crippen LogP contribution is -2.48. The molecule has 0 aliphatic heterocycles. The van der Waals surface area contributed by atoms with E-state index in [0.29, 0.717) is 28.5 Å². The molecule has 1 aromatic heterocycles. The second-order valence-corrected chi connectivity index (χ2v) is 13.8. The molecule has 4 heteroatoms. The predicted molar refractivity (Wildman–Crippen MR) is 184 cm³/mol. The fraction of sp³-hybridized carbons (Fsp3) is 0.238. The Balaban J connectivity index is 1.16. The lowest BCUT2D eigenvalue weighted by molar-refractivity contribution is -0.00518. The van der Waals surface area contributed by atoms with E-state index < -0.39 is 0 Å². The van der Waals surface area contributed by atoms with Crippen LogP contribution in [-0.4, -0.2) is 15.0 Å². The lowest BCUT2D eigenvalue weighted by atomic mass is 9.48. The fourth-order valence-corrected chi connectivity index (χ4v) is 9.26. The average molecular weight is 595 g/mol. The van der Waals surface area contributed by atoms with Crippen molar-refractivity contribution in [1.29, 1.82) is 5.26 Å². The summed E-state index contributed by atoms with van der Waals surface area (Å²) in [6.07, 6.45) is 8.46. The molecule has 0 radical (unpaired) electrons. The van der Waals surface area contributed by atoms with Gasteiger partial charge in [0.2, 0.25) is 0 Å². The van der Waals surface area contributed by atoms with Gasteiger partial charge in [-0.2, -0.15) is 5.26 Å². The van der Waals surface area contributed by atoms with Crippen LogP contribution in [0.2, 0.25) is 0 Å². The molecule has 4 aliphatic rings. The second-order valence-electron chi connectivity index (χ2n) is 13.8. The number of fused-ring (bicyclic) bond motifs is 1. The molecule has 10 rings (SSSR count). The van der Waals surface area contributed by atoms with Crippen LogP contribution in [0.25, 0.3) is 56.1 Å². The van der Waals surface area contributed by atoms with Crippen LogP contribution in [0.3, 0.4) is 0 Å². The highest BCUT2D eigenvalue weighted by atomic mass is 15.0. The van der Waals surface area contributed by atoms with Gasteiger partial charge in [-0.25, -0.2) is 15.0 Å². The third-order valence-electron chi connectivity index (χ3n) is 10.9. The normalized spacial score (nSPS) is 23.0. The maximum Gasteiger partial charge on any atom is 0.164 e. The van der Waals surface area contributed by atoms with Gasteiger partial charge in [-0.3, -0.25) is 0 Å². The van der Waals surface area contributed by atoms with Gasteiger partial charge in [0.15, 0.2) is 17.5 Å². The van der Waals surface area contributed by atoms with E-state index in [1.807, 2.05) is 78.9 Å². The number of nitrogens with zero attached hydrogens (tertiary/aromatic N) is 4. The molecule has 6 aromatic rings. The van der Waals surface area contributed by atoms with E-state index in [4.69, 9.17) is 15.0 Å². The molecular weight excluding hydrogens is 560 g/mol. The summed E-state index contributed by atoms with van der Waals surface area (Å²) in [5.74, 6) is 4.66. The predicted octanol–water partition coefficient (Wildman–Crippen LogP) is 10.0. The Morgan fingerprint density at radius 2 is 1.07 bits per heavy atom. The standard InChI is InChI=1S/C42H34N4/c43-26-27-11-16-36-37(41-45-39(32-7-3-1-4-8-32)44-40(46-41)33-9-5-2-6-10-33)18-17-35(38(36)22-27)31-12-14-34(15-13-31)42-23-28-19-29(24-42)21-30(20-28)25-42/h1-18,22,28-30H,19-21,23-25H2. The third-order valence-corrected chi connectivity index (χ3v) is 10.9. The van der Waals surface area contributed by atoms with Gasteiger partial charge >= 0.3 is 0 Å². The highest BCUT2D eigenvalue weighted by Crippen LogP contribution is 2.60. The van der Waals surface area contributed by atoms with Gasteiger partial charge in [0, 0.05) is 16.7 Å². The number of aromatic nitrogens is 3. The average Bonchev–Trinajstić information content (AvgIpc) is 3.11. The van der Waals surface area contributed by atoms with Gasteiger partial charge < -0.3 is 0 Å². The smallest absolute Gasteiger partial charge is 0.164 e.